The van der Waals surface area contributed by atoms with Gasteiger partial charge < -0.3 is 4.90 Å². The Morgan fingerprint density at radius 3 is 1.61 bits per heavy atom. The number of benzene rings is 3. The van der Waals surface area contributed by atoms with E-state index < -0.39 is 0 Å². The Balaban J connectivity index is 2.08. The number of anilines is 3. The number of rotatable bonds is 4. The van der Waals surface area contributed by atoms with Crippen molar-refractivity contribution < 1.29 is 0 Å². The minimum atomic E-state index is 1.06. The summed E-state index contributed by atoms with van der Waals surface area (Å²) in [6, 6.07) is 26.2. The monoisotopic (exact) mass is 413 g/mol. The van der Waals surface area contributed by atoms with E-state index in [0.29, 0.717) is 0 Å². The zero-order chi connectivity index (χ0) is 16.2. The van der Waals surface area contributed by atoms with Gasteiger partial charge in [0.1, 0.15) is 0 Å². The maximum absolute atomic E-state index is 2.34. The van der Waals surface area contributed by atoms with Crippen LogP contribution < -0.4 is 4.90 Å². The number of nitrogens with zero attached hydrogens (tertiary/aromatic N) is 1. The predicted molar refractivity (Wildman–Crippen MR) is 108 cm³/mol. The molecule has 1 nitrogen and oxygen atoms in total. The lowest BCUT2D eigenvalue weighted by molar-refractivity contribution is 1.14. The van der Waals surface area contributed by atoms with Crippen LogP contribution in [0.1, 0.15) is 18.1 Å². The van der Waals surface area contributed by atoms with Gasteiger partial charge in [0.05, 0.1) is 0 Å². The first-order valence-electron chi connectivity index (χ1n) is 7.88. The summed E-state index contributed by atoms with van der Waals surface area (Å²) in [5, 5.41) is 0. The average Bonchev–Trinajstić information content (AvgIpc) is 2.59. The van der Waals surface area contributed by atoms with Crippen LogP contribution in [-0.2, 0) is 6.42 Å². The first-order valence-corrected chi connectivity index (χ1v) is 8.96. The van der Waals surface area contributed by atoms with Crippen LogP contribution in [-0.4, -0.2) is 0 Å². The molecule has 3 aromatic rings. The van der Waals surface area contributed by atoms with Crippen molar-refractivity contribution in [3.8, 4) is 0 Å². The van der Waals surface area contributed by atoms with E-state index in [1.54, 1.807) is 0 Å². The Labute approximate surface area is 152 Å². The maximum atomic E-state index is 2.34. The molecule has 0 aliphatic carbocycles. The molecule has 0 saturated heterocycles. The zero-order valence-corrected chi connectivity index (χ0v) is 15.6. The second kappa shape index (κ2) is 7.18. The molecule has 2 heteroatoms. The highest BCUT2D eigenvalue weighted by Gasteiger charge is 2.12. The van der Waals surface area contributed by atoms with Crippen molar-refractivity contribution in [2.45, 2.75) is 20.3 Å². The van der Waals surface area contributed by atoms with E-state index in [2.05, 4.69) is 114 Å². The molecule has 0 N–H and O–H groups in total. The summed E-state index contributed by atoms with van der Waals surface area (Å²) in [5.74, 6) is 0. The Morgan fingerprint density at radius 2 is 1.13 bits per heavy atom. The van der Waals surface area contributed by atoms with Crippen molar-refractivity contribution in [1.82, 2.24) is 0 Å². The lowest BCUT2D eigenvalue weighted by Crippen LogP contribution is -2.09. The van der Waals surface area contributed by atoms with Crippen LogP contribution in [0.25, 0.3) is 0 Å². The molecule has 0 radical (unpaired) electrons. The molecule has 0 unspecified atom stereocenters. The first kappa shape index (κ1) is 16.1. The molecule has 0 spiro atoms. The molecule has 116 valence electrons. The molecule has 23 heavy (non-hydrogen) atoms. The summed E-state index contributed by atoms with van der Waals surface area (Å²) in [7, 11) is 0. The Morgan fingerprint density at radius 1 is 0.696 bits per heavy atom. The van der Waals surface area contributed by atoms with E-state index in [1.807, 2.05) is 0 Å². The fourth-order valence-electron chi connectivity index (χ4n) is 2.61. The molecule has 0 aromatic heterocycles. The van der Waals surface area contributed by atoms with E-state index in [1.165, 1.54) is 31.8 Å². The summed E-state index contributed by atoms with van der Waals surface area (Å²) < 4.78 is 1.25. The van der Waals surface area contributed by atoms with Gasteiger partial charge in [0.2, 0.25) is 0 Å². The molecule has 0 saturated carbocycles. The summed E-state index contributed by atoms with van der Waals surface area (Å²) in [6.07, 6.45) is 1.06. The molecule has 0 heterocycles. The molecular formula is C21H20IN. The van der Waals surface area contributed by atoms with Gasteiger partial charge in [-0.2, -0.15) is 0 Å². The third-order valence-electron chi connectivity index (χ3n) is 3.98. The van der Waals surface area contributed by atoms with Crippen molar-refractivity contribution in [1.29, 1.82) is 0 Å². The summed E-state index contributed by atoms with van der Waals surface area (Å²) in [4.78, 5) is 2.30. The third kappa shape index (κ3) is 3.75. The van der Waals surface area contributed by atoms with Gasteiger partial charge in [0, 0.05) is 20.6 Å². The van der Waals surface area contributed by atoms with Crippen LogP contribution in [0.2, 0.25) is 0 Å². The van der Waals surface area contributed by atoms with E-state index in [-0.39, 0.29) is 0 Å². The van der Waals surface area contributed by atoms with Gasteiger partial charge in [-0.15, -0.1) is 0 Å². The van der Waals surface area contributed by atoms with Crippen LogP contribution in [0, 0.1) is 10.5 Å². The van der Waals surface area contributed by atoms with Crippen molar-refractivity contribution in [2.24, 2.45) is 0 Å². The van der Waals surface area contributed by atoms with Crippen LogP contribution in [0.4, 0.5) is 17.1 Å². The van der Waals surface area contributed by atoms with Gasteiger partial charge in [-0.3, -0.25) is 0 Å². The van der Waals surface area contributed by atoms with Crippen LogP contribution in [0.15, 0.2) is 72.8 Å². The smallest absolute Gasteiger partial charge is 0.0462 e. The topological polar surface area (TPSA) is 3.24 Å². The molecule has 0 aliphatic rings. The molecule has 3 aromatic carbocycles. The van der Waals surface area contributed by atoms with Crippen LogP contribution in [0.3, 0.4) is 0 Å². The molecule has 0 aliphatic heterocycles. The maximum Gasteiger partial charge on any atom is 0.0462 e. The highest BCUT2D eigenvalue weighted by molar-refractivity contribution is 14.1. The minimum Gasteiger partial charge on any atom is -0.311 e. The molecule has 0 bridgehead atoms. The Hall–Kier alpha value is -1.81. The van der Waals surface area contributed by atoms with Gasteiger partial charge >= 0.3 is 0 Å². The van der Waals surface area contributed by atoms with Crippen molar-refractivity contribution in [3.05, 3.63) is 87.5 Å². The van der Waals surface area contributed by atoms with Crippen molar-refractivity contribution in [3.63, 3.8) is 0 Å². The SMILES string of the molecule is CCc1ccc(N(c2ccc(C)cc2)c2ccc(I)cc2)cc1. The highest BCUT2D eigenvalue weighted by atomic mass is 127. The van der Waals surface area contributed by atoms with Gasteiger partial charge in [-0.1, -0.05) is 36.8 Å². The van der Waals surface area contributed by atoms with E-state index in [4.69, 9.17) is 0 Å². The van der Waals surface area contributed by atoms with E-state index in [0.717, 1.165) is 6.42 Å². The lowest BCUT2D eigenvalue weighted by Gasteiger charge is -2.25. The average molecular weight is 413 g/mol. The minimum absolute atomic E-state index is 1.06. The van der Waals surface area contributed by atoms with E-state index >= 15 is 0 Å². The molecule has 0 fully saturated rings. The standard InChI is InChI=1S/C21H20IN/c1-3-17-6-12-20(13-7-17)23(19-10-4-16(2)5-11-19)21-14-8-18(22)9-15-21/h4-15H,3H2,1-2H3. The lowest BCUT2D eigenvalue weighted by atomic mass is 10.1. The summed E-state index contributed by atoms with van der Waals surface area (Å²) in [6.45, 7) is 4.31. The zero-order valence-electron chi connectivity index (χ0n) is 13.5. The van der Waals surface area contributed by atoms with Gasteiger partial charge in [0.15, 0.2) is 0 Å². The normalized spacial score (nSPS) is 10.6. The van der Waals surface area contributed by atoms with Gasteiger partial charge in [-0.05, 0) is 90.0 Å². The molecule has 0 amide bonds. The fraction of sp³-hybridized carbons (Fsp3) is 0.143. The highest BCUT2D eigenvalue weighted by Crippen LogP contribution is 2.34. The van der Waals surface area contributed by atoms with Crippen molar-refractivity contribution in [2.75, 3.05) is 4.90 Å². The van der Waals surface area contributed by atoms with Gasteiger partial charge in [0.25, 0.3) is 0 Å². The largest absolute Gasteiger partial charge is 0.311 e. The Bertz CT molecular complexity index is 713. The molecule has 3 rings (SSSR count). The quantitative estimate of drug-likeness (QED) is 0.434. The summed E-state index contributed by atoms with van der Waals surface area (Å²) >= 11 is 2.34. The van der Waals surface area contributed by atoms with E-state index in [9.17, 15) is 0 Å². The summed E-state index contributed by atoms with van der Waals surface area (Å²) in [5.41, 5.74) is 6.18. The second-order valence-electron chi connectivity index (χ2n) is 5.67. The molecular weight excluding hydrogens is 393 g/mol. The number of hydrogen-bond acceptors (Lipinski definition) is 1. The third-order valence-corrected chi connectivity index (χ3v) is 4.70. The van der Waals surface area contributed by atoms with Gasteiger partial charge in [-0.25, -0.2) is 0 Å². The second-order valence-corrected chi connectivity index (χ2v) is 6.91. The number of aryl methyl sites for hydroxylation is 2. The van der Waals surface area contributed by atoms with Crippen molar-refractivity contribution >= 4 is 39.7 Å². The number of halogens is 1. The Kier molecular flexibility index (Phi) is 5.01. The first-order chi connectivity index (χ1) is 11.2. The fourth-order valence-corrected chi connectivity index (χ4v) is 2.97. The van der Waals surface area contributed by atoms with Crippen LogP contribution >= 0.6 is 22.6 Å². The van der Waals surface area contributed by atoms with Crippen LogP contribution in [0.5, 0.6) is 0 Å². The predicted octanol–water partition coefficient (Wildman–Crippen LogP) is 6.63. The number of hydrogen-bond donors (Lipinski definition) is 0. The molecule has 0 atom stereocenters.